The highest BCUT2D eigenvalue weighted by atomic mass is 32.2. The number of nitrogens with one attached hydrogen (secondary N) is 1. The number of nitrogens with zero attached hydrogens (tertiary/aromatic N) is 2. The second-order valence-corrected chi connectivity index (χ2v) is 5.63. The minimum Gasteiger partial charge on any atom is -0.354 e. The molecule has 0 aliphatic heterocycles. The Kier molecular flexibility index (Phi) is 5.90. The van der Waals surface area contributed by atoms with Crippen molar-refractivity contribution in [1.29, 1.82) is 0 Å². The Balaban J connectivity index is 3.02. The lowest BCUT2D eigenvalue weighted by Gasteiger charge is -2.13. The van der Waals surface area contributed by atoms with Gasteiger partial charge in [0.2, 0.25) is 5.95 Å². The lowest BCUT2D eigenvalue weighted by Crippen LogP contribution is -2.13. The molecule has 1 atom stereocenters. The summed E-state index contributed by atoms with van der Waals surface area (Å²) in [6, 6.07) is 1.01. The average Bonchev–Trinajstić information content (AvgIpc) is 2.34. The van der Waals surface area contributed by atoms with Crippen LogP contribution in [0.1, 0.15) is 39.3 Å². The largest absolute Gasteiger partial charge is 0.433 e. The summed E-state index contributed by atoms with van der Waals surface area (Å²) in [4.78, 5) is 7.63. The summed E-state index contributed by atoms with van der Waals surface area (Å²) in [6.07, 6.45) is -2.78. The van der Waals surface area contributed by atoms with Gasteiger partial charge in [-0.15, -0.1) is 11.8 Å². The van der Waals surface area contributed by atoms with Crippen LogP contribution in [0.3, 0.4) is 0 Å². The molecule has 1 N–H and O–H groups in total. The average molecular weight is 293 g/mol. The zero-order chi connectivity index (χ0) is 14.5. The number of aromatic nitrogens is 2. The summed E-state index contributed by atoms with van der Waals surface area (Å²) in [7, 11) is 0. The molecule has 0 spiro atoms. The molecule has 19 heavy (non-hydrogen) atoms. The molecule has 0 aliphatic rings. The Morgan fingerprint density at radius 2 is 2.00 bits per heavy atom. The van der Waals surface area contributed by atoms with Gasteiger partial charge in [0.25, 0.3) is 0 Å². The first-order valence-corrected chi connectivity index (χ1v) is 7.11. The second kappa shape index (κ2) is 6.98. The Labute approximate surface area is 115 Å². The summed E-state index contributed by atoms with van der Waals surface area (Å²) in [5.41, 5.74) is -0.896. The van der Waals surface area contributed by atoms with Crippen molar-refractivity contribution in [2.45, 2.75) is 50.1 Å². The number of rotatable bonds is 6. The zero-order valence-corrected chi connectivity index (χ0v) is 12.0. The fraction of sp³-hybridized carbons (Fsp3) is 0.667. The van der Waals surface area contributed by atoms with Gasteiger partial charge in [0.15, 0.2) is 5.69 Å². The third-order valence-corrected chi connectivity index (χ3v) is 3.61. The lowest BCUT2D eigenvalue weighted by molar-refractivity contribution is -0.141. The zero-order valence-electron chi connectivity index (χ0n) is 11.2. The van der Waals surface area contributed by atoms with Gasteiger partial charge >= 0.3 is 6.18 Å². The molecule has 0 bridgehead atoms. The van der Waals surface area contributed by atoms with Crippen LogP contribution in [-0.2, 0) is 6.18 Å². The van der Waals surface area contributed by atoms with E-state index in [9.17, 15) is 13.2 Å². The molecule has 1 heterocycles. The molecule has 3 nitrogen and oxygen atoms in total. The van der Waals surface area contributed by atoms with Crippen LogP contribution in [0.25, 0.3) is 0 Å². The van der Waals surface area contributed by atoms with Crippen LogP contribution in [0.15, 0.2) is 11.1 Å². The van der Waals surface area contributed by atoms with Gasteiger partial charge in [-0.1, -0.05) is 20.8 Å². The van der Waals surface area contributed by atoms with Crippen molar-refractivity contribution in [1.82, 2.24) is 9.97 Å². The predicted molar refractivity (Wildman–Crippen MR) is 71.4 cm³/mol. The molecule has 1 aromatic rings. The van der Waals surface area contributed by atoms with E-state index in [-0.39, 0.29) is 11.2 Å². The molecule has 108 valence electrons. The summed E-state index contributed by atoms with van der Waals surface area (Å²) in [6.45, 7) is 6.42. The van der Waals surface area contributed by atoms with Crippen molar-refractivity contribution < 1.29 is 13.2 Å². The normalized spacial score (nSPS) is 13.4. The predicted octanol–water partition coefficient (Wildman–Crippen LogP) is 4.21. The van der Waals surface area contributed by atoms with E-state index in [1.165, 1.54) is 11.8 Å². The Morgan fingerprint density at radius 3 is 2.53 bits per heavy atom. The van der Waals surface area contributed by atoms with E-state index in [0.717, 1.165) is 18.9 Å². The van der Waals surface area contributed by atoms with Crippen molar-refractivity contribution in [2.24, 2.45) is 0 Å². The van der Waals surface area contributed by atoms with Crippen molar-refractivity contribution in [2.75, 3.05) is 11.9 Å². The van der Waals surface area contributed by atoms with E-state index in [1.54, 1.807) is 0 Å². The highest BCUT2D eigenvalue weighted by Crippen LogP contribution is 2.32. The van der Waals surface area contributed by atoms with E-state index >= 15 is 0 Å². The molecule has 1 rings (SSSR count). The van der Waals surface area contributed by atoms with Crippen molar-refractivity contribution >= 4 is 17.7 Å². The van der Waals surface area contributed by atoms with E-state index in [0.29, 0.717) is 11.6 Å². The first-order chi connectivity index (χ1) is 8.86. The van der Waals surface area contributed by atoms with Gasteiger partial charge in [0.05, 0.1) is 0 Å². The topological polar surface area (TPSA) is 37.8 Å². The third-order valence-electron chi connectivity index (χ3n) is 2.42. The number of thioether (sulfide) groups is 1. The number of alkyl halides is 3. The fourth-order valence-corrected chi connectivity index (χ4v) is 2.13. The molecule has 0 saturated heterocycles. The van der Waals surface area contributed by atoms with Gasteiger partial charge in [0, 0.05) is 17.9 Å². The molecule has 0 aromatic carbocycles. The van der Waals surface area contributed by atoms with Gasteiger partial charge in [-0.2, -0.15) is 13.2 Å². The number of anilines is 1. The van der Waals surface area contributed by atoms with Gasteiger partial charge in [0.1, 0.15) is 5.03 Å². The smallest absolute Gasteiger partial charge is 0.354 e. The van der Waals surface area contributed by atoms with Gasteiger partial charge in [-0.3, -0.25) is 0 Å². The van der Waals surface area contributed by atoms with E-state index in [1.807, 2.05) is 20.8 Å². The Bertz CT molecular complexity index is 410. The fourth-order valence-electron chi connectivity index (χ4n) is 1.24. The first kappa shape index (κ1) is 16.1. The summed E-state index contributed by atoms with van der Waals surface area (Å²) < 4.78 is 38.3. The van der Waals surface area contributed by atoms with Gasteiger partial charge in [-0.25, -0.2) is 9.97 Å². The van der Waals surface area contributed by atoms with Crippen molar-refractivity contribution in [3.05, 3.63) is 11.8 Å². The highest BCUT2D eigenvalue weighted by molar-refractivity contribution is 7.99. The molecule has 0 aliphatic carbocycles. The molecule has 7 heteroatoms. The molecule has 0 saturated carbocycles. The maximum Gasteiger partial charge on any atom is 0.433 e. The first-order valence-electron chi connectivity index (χ1n) is 6.23. The van der Waals surface area contributed by atoms with E-state index < -0.39 is 11.9 Å². The summed E-state index contributed by atoms with van der Waals surface area (Å²) >= 11 is 1.33. The van der Waals surface area contributed by atoms with Gasteiger partial charge < -0.3 is 5.32 Å². The molecular formula is C12H18F3N3S. The lowest BCUT2D eigenvalue weighted by atomic mass is 10.4. The van der Waals surface area contributed by atoms with Crippen LogP contribution in [0.5, 0.6) is 0 Å². The molecule has 0 fully saturated rings. The summed E-state index contributed by atoms with van der Waals surface area (Å²) in [5.74, 6) is 0.0440. The molecule has 1 unspecified atom stereocenters. The van der Waals surface area contributed by atoms with Gasteiger partial charge in [-0.05, 0) is 12.8 Å². The van der Waals surface area contributed by atoms with Crippen LogP contribution in [-0.4, -0.2) is 21.8 Å². The Hall–Kier alpha value is -0.980. The van der Waals surface area contributed by atoms with Crippen LogP contribution < -0.4 is 5.32 Å². The van der Waals surface area contributed by atoms with Crippen LogP contribution in [0.2, 0.25) is 0 Å². The highest BCUT2D eigenvalue weighted by Gasteiger charge is 2.33. The minimum atomic E-state index is -4.45. The number of halogens is 3. The molecule has 0 amide bonds. The van der Waals surface area contributed by atoms with Crippen LogP contribution in [0, 0.1) is 0 Å². The second-order valence-electron chi connectivity index (χ2n) is 4.18. The quantitative estimate of drug-likeness (QED) is 0.630. The van der Waals surface area contributed by atoms with Crippen molar-refractivity contribution in [3.8, 4) is 0 Å². The number of hydrogen-bond donors (Lipinski definition) is 1. The Morgan fingerprint density at radius 1 is 1.32 bits per heavy atom. The maximum absolute atomic E-state index is 12.8. The van der Waals surface area contributed by atoms with Crippen LogP contribution in [0.4, 0.5) is 19.1 Å². The van der Waals surface area contributed by atoms with E-state index in [2.05, 4.69) is 15.3 Å². The molecule has 0 radical (unpaired) electrons. The monoisotopic (exact) mass is 293 g/mol. The standard InChI is InChI=1S/C12H18F3N3S/c1-4-6-16-11-17-9(12(13,14)15)7-10(18-11)19-8(3)5-2/h7-8H,4-6H2,1-3H3,(H,16,17,18). The molecule has 1 aromatic heterocycles. The van der Waals surface area contributed by atoms with Crippen LogP contribution >= 0.6 is 11.8 Å². The number of hydrogen-bond acceptors (Lipinski definition) is 4. The summed E-state index contributed by atoms with van der Waals surface area (Å²) in [5, 5.41) is 3.38. The van der Waals surface area contributed by atoms with Crippen molar-refractivity contribution in [3.63, 3.8) is 0 Å². The maximum atomic E-state index is 12.8. The van der Waals surface area contributed by atoms with E-state index in [4.69, 9.17) is 0 Å². The third kappa shape index (κ3) is 5.26. The SMILES string of the molecule is CCCNc1nc(SC(C)CC)cc(C(F)(F)F)n1. The molecular weight excluding hydrogens is 275 g/mol. The minimum absolute atomic E-state index is 0.0440.